The first-order valence-electron chi connectivity index (χ1n) is 18.3. The summed E-state index contributed by atoms with van der Waals surface area (Å²) in [7, 11) is 4.36. The van der Waals surface area contributed by atoms with E-state index >= 15 is 0 Å². The fourth-order valence-electron chi connectivity index (χ4n) is 8.03. The Bertz CT molecular complexity index is 982. The molecule has 4 rings (SSSR count). The first-order chi connectivity index (χ1) is 21.6. The zero-order chi connectivity index (χ0) is 34.7. The number of hydrogen-bond acceptors (Lipinski definition) is 0. The minimum Gasteiger partial charge on any atom is -0.655 e. The van der Waals surface area contributed by atoms with Gasteiger partial charge in [0.1, 0.15) is 0 Å². The molecule has 0 radical (unpaired) electrons. The van der Waals surface area contributed by atoms with E-state index in [2.05, 4.69) is 128 Å². The molecule has 4 heteroatoms. The zero-order valence-electron chi connectivity index (χ0n) is 32.4. The second kappa shape index (κ2) is 21.2. The average molecular weight is 721 g/mol. The first kappa shape index (κ1) is 44.0. The summed E-state index contributed by atoms with van der Waals surface area (Å²) in [6.45, 7) is 39.9. The molecule has 2 aliphatic rings. The Morgan fingerprint density at radius 2 is 0.787 bits per heavy atom. The van der Waals surface area contributed by atoms with Gasteiger partial charge in [-0.1, -0.05) is 132 Å². The Morgan fingerprint density at radius 1 is 0.511 bits per heavy atom. The third-order valence-corrected chi connectivity index (χ3v) is 12.6. The molecule has 0 heterocycles. The number of rotatable bonds is 8. The molecule has 0 spiro atoms. The van der Waals surface area contributed by atoms with Crippen molar-refractivity contribution in [2.45, 2.75) is 95.2 Å². The van der Waals surface area contributed by atoms with E-state index in [1.807, 2.05) is 24.3 Å². The third-order valence-electron chi connectivity index (χ3n) is 12.6. The van der Waals surface area contributed by atoms with Crippen LogP contribution in [-0.4, -0.2) is 38.3 Å². The van der Waals surface area contributed by atoms with Crippen LogP contribution in [-0.2, 0) is 26.2 Å². The second-order valence-corrected chi connectivity index (χ2v) is 15.6. The van der Waals surface area contributed by atoms with Gasteiger partial charge in [-0.25, -0.2) is 0 Å². The normalized spacial score (nSPS) is 34.1. The van der Waals surface area contributed by atoms with E-state index < -0.39 is 0 Å². The summed E-state index contributed by atoms with van der Waals surface area (Å²) in [4.78, 5) is 1.33. The summed E-state index contributed by atoms with van der Waals surface area (Å²) in [6.07, 6.45) is 0. The van der Waals surface area contributed by atoms with Gasteiger partial charge in [0.05, 0.1) is 0 Å². The van der Waals surface area contributed by atoms with E-state index in [9.17, 15) is 0 Å². The third kappa shape index (κ3) is 13.3. The summed E-state index contributed by atoms with van der Waals surface area (Å²) in [6, 6.07) is 17.3. The topological polar surface area (TPSA) is 32.6 Å². The molecule has 0 aliphatic heterocycles. The van der Waals surface area contributed by atoms with Crippen molar-refractivity contribution in [3.63, 3.8) is 0 Å². The minimum absolute atomic E-state index is 0. The Balaban J connectivity index is 0.000000525. The van der Waals surface area contributed by atoms with Crippen molar-refractivity contribution >= 4 is 0 Å². The Morgan fingerprint density at radius 3 is 1.02 bits per heavy atom. The number of aryl methyl sites for hydroxylation is 2. The van der Waals surface area contributed by atoms with Crippen molar-refractivity contribution in [3.05, 3.63) is 102 Å². The molecule has 2 aliphatic carbocycles. The number of nitrogens with one attached hydrogen (secondary N) is 1. The van der Waals surface area contributed by atoms with Crippen LogP contribution in [0.25, 0.3) is 10.6 Å². The molecule has 1 N–H and O–H groups in total. The van der Waals surface area contributed by atoms with Gasteiger partial charge in [-0.05, 0) is 35.5 Å². The van der Waals surface area contributed by atoms with Crippen LogP contribution in [0.2, 0.25) is 0 Å². The summed E-state index contributed by atoms with van der Waals surface area (Å²) in [5, 5.41) is 10.4. The SMILES string of the molecule is [CH2-][NH+](CC[N-]C1[C@@H](C)[C@@H](C)C(C)[C@H](C)[C@@H]1C)CC[N-]C1[C@H](C)[C@H](C)C(C)[C@@H](C)[C@H]1C.[CH2-]c1cccc(C)c1.[CH2-]c1cccc(C)c1.[Zr+4]. The molecule has 2 aromatic rings. The van der Waals surface area contributed by atoms with Gasteiger partial charge in [-0.3, -0.25) is 0 Å². The fourth-order valence-corrected chi connectivity index (χ4v) is 8.03. The monoisotopic (exact) mass is 719 g/mol. The Labute approximate surface area is 312 Å². The van der Waals surface area contributed by atoms with Crippen LogP contribution < -0.4 is 4.90 Å². The molecular weight excluding hydrogens is 650 g/mol. The predicted octanol–water partition coefficient (Wildman–Crippen LogP) is 9.89. The van der Waals surface area contributed by atoms with Crippen molar-refractivity contribution in [2.24, 2.45) is 59.2 Å². The second-order valence-electron chi connectivity index (χ2n) is 15.6. The van der Waals surface area contributed by atoms with Crippen molar-refractivity contribution < 1.29 is 31.1 Å². The van der Waals surface area contributed by atoms with Gasteiger partial charge in [-0.15, -0.1) is 35.3 Å². The summed E-state index contributed by atoms with van der Waals surface area (Å²) < 4.78 is 0. The van der Waals surface area contributed by atoms with Gasteiger partial charge >= 0.3 is 26.2 Å². The summed E-state index contributed by atoms with van der Waals surface area (Å²) in [5.74, 6) is 7.41. The van der Waals surface area contributed by atoms with Crippen LogP contribution in [0.4, 0.5) is 0 Å². The van der Waals surface area contributed by atoms with Crippen molar-refractivity contribution in [3.8, 4) is 0 Å². The summed E-state index contributed by atoms with van der Waals surface area (Å²) in [5.41, 5.74) is 4.73. The Hall–Kier alpha value is -1.06. The van der Waals surface area contributed by atoms with Gasteiger partial charge in [0.2, 0.25) is 0 Å². The van der Waals surface area contributed by atoms with Crippen LogP contribution in [0.1, 0.15) is 91.5 Å². The van der Waals surface area contributed by atoms with E-state index in [0.29, 0.717) is 35.8 Å². The van der Waals surface area contributed by atoms with E-state index in [0.717, 1.165) is 72.8 Å². The molecular formula is C43H71N3Zr. The largest absolute Gasteiger partial charge is 4.00 e. The Kier molecular flexibility index (Phi) is 19.9. The van der Waals surface area contributed by atoms with Gasteiger partial charge in [0.15, 0.2) is 0 Å². The quantitative estimate of drug-likeness (QED) is 0.264. The number of quaternary nitrogens is 1. The van der Waals surface area contributed by atoms with E-state index in [1.165, 1.54) is 16.0 Å². The number of nitrogens with zero attached hydrogens (tertiary/aromatic N) is 2. The minimum atomic E-state index is 0. The van der Waals surface area contributed by atoms with Gasteiger partial charge in [-0.2, -0.15) is 56.3 Å². The molecule has 1 unspecified atom stereocenters. The van der Waals surface area contributed by atoms with E-state index in [-0.39, 0.29) is 26.2 Å². The van der Waals surface area contributed by atoms with Crippen molar-refractivity contribution in [2.75, 3.05) is 26.2 Å². The summed E-state index contributed by atoms with van der Waals surface area (Å²) >= 11 is 0. The maximum absolute atomic E-state index is 5.18. The van der Waals surface area contributed by atoms with E-state index in [1.54, 1.807) is 0 Å². The molecule has 2 aromatic carbocycles. The van der Waals surface area contributed by atoms with Gasteiger partial charge in [0, 0.05) is 13.1 Å². The average Bonchev–Trinajstić information content (AvgIpc) is 3.01. The van der Waals surface area contributed by atoms with Gasteiger partial charge in [0.25, 0.3) is 0 Å². The maximum atomic E-state index is 5.18. The molecule has 0 aromatic heterocycles. The van der Waals surface area contributed by atoms with Crippen molar-refractivity contribution in [1.29, 1.82) is 0 Å². The molecule has 9 atom stereocenters. The van der Waals surface area contributed by atoms with Crippen LogP contribution in [0.5, 0.6) is 0 Å². The molecule has 2 saturated carbocycles. The molecule has 262 valence electrons. The maximum Gasteiger partial charge on any atom is 4.00 e. The molecule has 2 fully saturated rings. The zero-order valence-corrected chi connectivity index (χ0v) is 34.8. The van der Waals surface area contributed by atoms with Crippen LogP contribution >= 0.6 is 0 Å². The standard InChI is InChI=1S/C27H53N3.2C8H9.Zr/c1-16-18(3)22(7)26(23(8)19(16)4)28-12-14-30(11)15-13-29-27-24(9)20(5)17(2)21(6)25(27)10;2*1-7-4-3-5-8(2)6-7;/h16-27,30H,11-15H2,1-10H3;2*3-6H,1H2,2H3;/q-2;2*-1;+4/t16?,17?,18-,19-,20+,21+,22-,23-,24+,25+,26?,27?;;;. The van der Waals surface area contributed by atoms with Crippen LogP contribution in [0, 0.1) is 93.9 Å². The molecule has 0 amide bonds. The van der Waals surface area contributed by atoms with Crippen LogP contribution in [0.15, 0.2) is 48.5 Å². The molecule has 0 saturated heterocycles. The number of benzene rings is 2. The van der Waals surface area contributed by atoms with Crippen LogP contribution in [0.3, 0.4) is 0 Å². The first-order valence-corrected chi connectivity index (χ1v) is 18.3. The smallest absolute Gasteiger partial charge is 0.655 e. The number of hydrogen-bond donors (Lipinski definition) is 1. The molecule has 47 heavy (non-hydrogen) atoms. The van der Waals surface area contributed by atoms with E-state index in [4.69, 9.17) is 10.6 Å². The van der Waals surface area contributed by atoms with Gasteiger partial charge < -0.3 is 15.5 Å². The molecule has 0 bridgehead atoms. The fraction of sp³-hybridized carbons (Fsp3) is 0.651. The molecule has 3 nitrogen and oxygen atoms in total. The van der Waals surface area contributed by atoms with Crippen molar-refractivity contribution in [1.82, 2.24) is 0 Å². The predicted molar refractivity (Wildman–Crippen MR) is 203 cm³/mol.